The lowest BCUT2D eigenvalue weighted by atomic mass is 10.2. The van der Waals surface area contributed by atoms with Crippen LogP contribution in [0.1, 0.15) is 29.4 Å². The summed E-state index contributed by atoms with van der Waals surface area (Å²) in [6.07, 6.45) is 0.227. The van der Waals surface area contributed by atoms with E-state index in [2.05, 4.69) is 31.1 Å². The predicted molar refractivity (Wildman–Crippen MR) is 64.4 cm³/mol. The Balaban J connectivity index is 2.46. The van der Waals surface area contributed by atoms with Crippen molar-refractivity contribution < 1.29 is 4.74 Å². The monoisotopic (exact) mass is 228 g/mol. The molecule has 0 aliphatic rings. The SMILES string of the molecule is COC(C)C(C)NCc1nc(C)sc1C. The molecule has 0 aliphatic carbocycles. The van der Waals surface area contributed by atoms with Gasteiger partial charge in [0.05, 0.1) is 16.8 Å². The number of thiazole rings is 1. The summed E-state index contributed by atoms with van der Waals surface area (Å²) < 4.78 is 5.26. The van der Waals surface area contributed by atoms with Gasteiger partial charge in [0.25, 0.3) is 0 Å². The molecular formula is C11H20N2OS. The average Bonchev–Trinajstić information content (AvgIpc) is 2.52. The zero-order valence-corrected chi connectivity index (χ0v) is 10.9. The van der Waals surface area contributed by atoms with Gasteiger partial charge in [-0.05, 0) is 27.7 Å². The Bertz CT molecular complexity index is 312. The van der Waals surface area contributed by atoms with Gasteiger partial charge in [0.2, 0.25) is 0 Å². The Morgan fingerprint density at radius 2 is 2.07 bits per heavy atom. The van der Waals surface area contributed by atoms with Gasteiger partial charge in [-0.1, -0.05) is 0 Å². The van der Waals surface area contributed by atoms with Crippen LogP contribution in [0, 0.1) is 13.8 Å². The first-order chi connectivity index (χ1) is 7.04. The molecule has 0 radical (unpaired) electrons. The van der Waals surface area contributed by atoms with Gasteiger partial charge in [0, 0.05) is 24.6 Å². The van der Waals surface area contributed by atoms with E-state index in [9.17, 15) is 0 Å². The van der Waals surface area contributed by atoms with Crippen molar-refractivity contribution in [1.82, 2.24) is 10.3 Å². The summed E-state index contributed by atoms with van der Waals surface area (Å²) in [6, 6.07) is 0.344. The normalized spacial score (nSPS) is 15.3. The smallest absolute Gasteiger partial charge is 0.0900 e. The van der Waals surface area contributed by atoms with Gasteiger partial charge in [-0.3, -0.25) is 0 Å². The third-order valence-corrected chi connectivity index (χ3v) is 3.60. The van der Waals surface area contributed by atoms with Crippen molar-refractivity contribution in [1.29, 1.82) is 0 Å². The van der Waals surface area contributed by atoms with Crippen molar-refractivity contribution in [3.63, 3.8) is 0 Å². The lowest BCUT2D eigenvalue weighted by Gasteiger charge is -2.19. The summed E-state index contributed by atoms with van der Waals surface area (Å²) in [5.41, 5.74) is 1.16. The maximum atomic E-state index is 5.26. The molecule has 0 spiro atoms. The van der Waals surface area contributed by atoms with Gasteiger partial charge in [0.15, 0.2) is 0 Å². The number of ether oxygens (including phenoxy) is 1. The lowest BCUT2D eigenvalue weighted by molar-refractivity contribution is 0.0881. The number of aromatic nitrogens is 1. The van der Waals surface area contributed by atoms with Crippen LogP contribution in [0.5, 0.6) is 0 Å². The third kappa shape index (κ3) is 3.55. The van der Waals surface area contributed by atoms with Gasteiger partial charge in [0.1, 0.15) is 0 Å². The van der Waals surface area contributed by atoms with E-state index in [0.717, 1.165) is 17.2 Å². The minimum atomic E-state index is 0.227. The lowest BCUT2D eigenvalue weighted by Crippen LogP contribution is -2.36. The van der Waals surface area contributed by atoms with Crippen LogP contribution < -0.4 is 5.32 Å². The van der Waals surface area contributed by atoms with E-state index >= 15 is 0 Å². The van der Waals surface area contributed by atoms with E-state index in [1.165, 1.54) is 4.88 Å². The molecular weight excluding hydrogens is 208 g/mol. The molecule has 1 aromatic rings. The van der Waals surface area contributed by atoms with Crippen LogP contribution in [0.15, 0.2) is 0 Å². The van der Waals surface area contributed by atoms with Crippen LogP contribution in [0.2, 0.25) is 0 Å². The zero-order valence-electron chi connectivity index (χ0n) is 10.1. The number of hydrogen-bond donors (Lipinski definition) is 1. The molecule has 0 saturated carbocycles. The van der Waals surface area contributed by atoms with Crippen LogP contribution in [0.4, 0.5) is 0 Å². The molecule has 2 unspecified atom stereocenters. The molecule has 0 amide bonds. The van der Waals surface area contributed by atoms with Gasteiger partial charge < -0.3 is 10.1 Å². The highest BCUT2D eigenvalue weighted by molar-refractivity contribution is 7.11. The van der Waals surface area contributed by atoms with Crippen LogP contribution in [-0.4, -0.2) is 24.2 Å². The summed E-state index contributed by atoms with van der Waals surface area (Å²) in [6.45, 7) is 9.18. The molecule has 1 aromatic heterocycles. The number of nitrogens with zero attached hydrogens (tertiary/aromatic N) is 1. The number of nitrogens with one attached hydrogen (secondary N) is 1. The summed E-state index contributed by atoms with van der Waals surface area (Å²) in [7, 11) is 1.74. The molecule has 1 rings (SSSR count). The predicted octanol–water partition coefficient (Wildman–Crippen LogP) is 2.27. The summed E-state index contributed by atoms with van der Waals surface area (Å²) >= 11 is 1.75. The molecule has 15 heavy (non-hydrogen) atoms. The van der Waals surface area contributed by atoms with Gasteiger partial charge in [-0.15, -0.1) is 11.3 Å². The van der Waals surface area contributed by atoms with Crippen molar-refractivity contribution in [3.8, 4) is 0 Å². The van der Waals surface area contributed by atoms with E-state index < -0.39 is 0 Å². The molecule has 0 aliphatic heterocycles. The molecule has 1 N–H and O–H groups in total. The van der Waals surface area contributed by atoms with Crippen LogP contribution in [0.25, 0.3) is 0 Å². The Hall–Kier alpha value is -0.450. The minimum Gasteiger partial charge on any atom is -0.380 e. The molecule has 4 heteroatoms. The van der Waals surface area contributed by atoms with E-state index in [4.69, 9.17) is 4.74 Å². The first kappa shape index (κ1) is 12.6. The third-order valence-electron chi connectivity index (χ3n) is 2.67. The van der Waals surface area contributed by atoms with E-state index in [-0.39, 0.29) is 6.10 Å². The van der Waals surface area contributed by atoms with Gasteiger partial charge >= 0.3 is 0 Å². The van der Waals surface area contributed by atoms with E-state index in [1.54, 1.807) is 18.4 Å². The molecule has 0 aromatic carbocycles. The molecule has 1 heterocycles. The fourth-order valence-electron chi connectivity index (χ4n) is 1.36. The Labute approximate surface area is 95.9 Å². The van der Waals surface area contributed by atoms with Crippen molar-refractivity contribution in [2.45, 2.75) is 46.4 Å². The van der Waals surface area contributed by atoms with E-state index in [1.807, 2.05) is 6.92 Å². The van der Waals surface area contributed by atoms with Crippen LogP contribution >= 0.6 is 11.3 Å². The van der Waals surface area contributed by atoms with Gasteiger partial charge in [-0.2, -0.15) is 0 Å². The Morgan fingerprint density at radius 3 is 2.53 bits per heavy atom. The first-order valence-electron chi connectivity index (χ1n) is 5.23. The highest BCUT2D eigenvalue weighted by Crippen LogP contribution is 2.16. The summed E-state index contributed by atoms with van der Waals surface area (Å²) in [5, 5.41) is 4.56. The quantitative estimate of drug-likeness (QED) is 0.839. The minimum absolute atomic E-state index is 0.227. The largest absolute Gasteiger partial charge is 0.380 e. The summed E-state index contributed by atoms with van der Waals surface area (Å²) in [5.74, 6) is 0. The fourth-order valence-corrected chi connectivity index (χ4v) is 2.20. The second kappa shape index (κ2) is 5.58. The van der Waals surface area contributed by atoms with Crippen molar-refractivity contribution in [3.05, 3.63) is 15.6 Å². The number of hydrogen-bond acceptors (Lipinski definition) is 4. The average molecular weight is 228 g/mol. The Kier molecular flexibility index (Phi) is 4.70. The molecule has 3 nitrogen and oxygen atoms in total. The van der Waals surface area contributed by atoms with Crippen LogP contribution in [-0.2, 0) is 11.3 Å². The van der Waals surface area contributed by atoms with Crippen molar-refractivity contribution in [2.75, 3.05) is 7.11 Å². The second-order valence-corrected chi connectivity index (χ2v) is 5.25. The molecule has 0 saturated heterocycles. The number of aryl methyl sites for hydroxylation is 2. The van der Waals surface area contributed by atoms with E-state index in [0.29, 0.717) is 6.04 Å². The molecule has 2 atom stereocenters. The zero-order chi connectivity index (χ0) is 11.4. The van der Waals surface area contributed by atoms with Gasteiger partial charge in [-0.25, -0.2) is 4.98 Å². The van der Waals surface area contributed by atoms with Crippen molar-refractivity contribution >= 4 is 11.3 Å². The first-order valence-corrected chi connectivity index (χ1v) is 6.05. The maximum Gasteiger partial charge on any atom is 0.0900 e. The highest BCUT2D eigenvalue weighted by Gasteiger charge is 2.12. The molecule has 0 bridgehead atoms. The number of rotatable bonds is 5. The Morgan fingerprint density at radius 1 is 1.40 bits per heavy atom. The standard InChI is InChI=1S/C11H20N2OS/c1-7(8(2)14-5)12-6-11-9(3)15-10(4)13-11/h7-8,12H,6H2,1-5H3. The fraction of sp³-hybridized carbons (Fsp3) is 0.727. The highest BCUT2D eigenvalue weighted by atomic mass is 32.1. The molecule has 86 valence electrons. The topological polar surface area (TPSA) is 34.1 Å². The maximum absolute atomic E-state index is 5.26. The summed E-state index contributed by atoms with van der Waals surface area (Å²) in [4.78, 5) is 5.79. The molecule has 0 fully saturated rings. The van der Waals surface area contributed by atoms with Crippen LogP contribution in [0.3, 0.4) is 0 Å². The second-order valence-electron chi connectivity index (χ2n) is 3.85. The number of methoxy groups -OCH3 is 1. The van der Waals surface area contributed by atoms with Crippen molar-refractivity contribution in [2.24, 2.45) is 0 Å².